The Morgan fingerprint density at radius 3 is 2.46 bits per heavy atom. The fourth-order valence-electron chi connectivity index (χ4n) is 6.29. The lowest BCUT2D eigenvalue weighted by molar-refractivity contribution is -0.208. The molecular formula is C20H30O4. The van der Waals surface area contributed by atoms with Crippen LogP contribution in [0.5, 0.6) is 0 Å². The van der Waals surface area contributed by atoms with Crippen LogP contribution in [0.3, 0.4) is 0 Å². The summed E-state index contributed by atoms with van der Waals surface area (Å²) >= 11 is 0. The van der Waals surface area contributed by atoms with Crippen molar-refractivity contribution in [1.29, 1.82) is 0 Å². The molecule has 3 fully saturated rings. The number of carboxylic acids is 1. The van der Waals surface area contributed by atoms with Crippen LogP contribution in [0.2, 0.25) is 0 Å². The van der Waals surface area contributed by atoms with Crippen LogP contribution in [-0.4, -0.2) is 27.6 Å². The van der Waals surface area contributed by atoms with E-state index in [9.17, 15) is 19.8 Å². The second kappa shape index (κ2) is 5.17. The zero-order valence-electron chi connectivity index (χ0n) is 15.1. The first kappa shape index (κ1) is 17.7. The molecule has 0 bridgehead atoms. The maximum atomic E-state index is 13.0. The first-order chi connectivity index (χ1) is 11.0. The van der Waals surface area contributed by atoms with Crippen LogP contribution in [0.25, 0.3) is 0 Å². The molecule has 3 aliphatic rings. The number of carbonyl (C=O) groups excluding carboxylic acids is 1. The van der Waals surface area contributed by atoms with Crippen molar-refractivity contribution >= 4 is 11.8 Å². The van der Waals surface area contributed by atoms with Crippen LogP contribution in [0.1, 0.15) is 65.7 Å². The van der Waals surface area contributed by atoms with E-state index in [0.29, 0.717) is 12.8 Å². The number of fused-ring (bicyclic) bond motifs is 3. The van der Waals surface area contributed by atoms with Gasteiger partial charge in [0.2, 0.25) is 0 Å². The van der Waals surface area contributed by atoms with Gasteiger partial charge in [0, 0.05) is 12.3 Å². The molecule has 4 nitrogen and oxygen atoms in total. The Morgan fingerprint density at radius 2 is 1.88 bits per heavy atom. The standard InChI is InChI=1S/C20H30O4/c1-5-17(2)10-7-13-18(3)8-6-9-19(4,16(22)23)14(18)11-15(21)20(13,24)12-17/h5,13-14,24H,1,6-12H2,2-4H3,(H,22,23)/t13-,14-,17+,18-,19-,20-/m1/s1. The molecule has 0 amide bonds. The zero-order chi connectivity index (χ0) is 18.0. The lowest BCUT2D eigenvalue weighted by Crippen LogP contribution is -2.66. The number of aliphatic carboxylic acids is 1. The van der Waals surface area contributed by atoms with Crippen molar-refractivity contribution in [2.24, 2.45) is 28.1 Å². The molecule has 0 spiro atoms. The van der Waals surface area contributed by atoms with Crippen molar-refractivity contribution in [3.63, 3.8) is 0 Å². The van der Waals surface area contributed by atoms with E-state index in [1.165, 1.54) is 0 Å². The van der Waals surface area contributed by atoms with E-state index in [1.54, 1.807) is 6.92 Å². The molecular weight excluding hydrogens is 304 g/mol. The van der Waals surface area contributed by atoms with E-state index < -0.39 is 17.0 Å². The summed E-state index contributed by atoms with van der Waals surface area (Å²) in [6, 6.07) is 0. The molecule has 0 unspecified atom stereocenters. The van der Waals surface area contributed by atoms with Gasteiger partial charge >= 0.3 is 5.97 Å². The van der Waals surface area contributed by atoms with E-state index in [0.717, 1.165) is 25.7 Å². The number of hydrogen-bond donors (Lipinski definition) is 2. The van der Waals surface area contributed by atoms with Crippen molar-refractivity contribution < 1.29 is 19.8 Å². The summed E-state index contributed by atoms with van der Waals surface area (Å²) in [5.41, 5.74) is -2.72. The summed E-state index contributed by atoms with van der Waals surface area (Å²) < 4.78 is 0. The highest BCUT2D eigenvalue weighted by molar-refractivity contribution is 5.90. The Hall–Kier alpha value is -1.16. The van der Waals surface area contributed by atoms with Gasteiger partial charge in [-0.3, -0.25) is 9.59 Å². The van der Waals surface area contributed by atoms with Crippen LogP contribution in [-0.2, 0) is 9.59 Å². The van der Waals surface area contributed by atoms with E-state index >= 15 is 0 Å². The Balaban J connectivity index is 2.05. The van der Waals surface area contributed by atoms with E-state index in [1.807, 2.05) is 6.08 Å². The first-order valence-electron chi connectivity index (χ1n) is 9.14. The number of Topliss-reactive ketones (excluding diaryl/α,β-unsaturated/α-hetero) is 1. The topological polar surface area (TPSA) is 74.6 Å². The molecule has 0 aliphatic heterocycles. The van der Waals surface area contributed by atoms with Crippen LogP contribution < -0.4 is 0 Å². The number of rotatable bonds is 2. The van der Waals surface area contributed by atoms with Gasteiger partial charge in [0.25, 0.3) is 0 Å². The number of allylic oxidation sites excluding steroid dienone is 1. The third-order valence-corrected chi connectivity index (χ3v) is 7.88. The molecule has 24 heavy (non-hydrogen) atoms. The number of aliphatic hydroxyl groups is 1. The van der Waals surface area contributed by atoms with Gasteiger partial charge in [0.05, 0.1) is 5.41 Å². The molecule has 3 saturated carbocycles. The molecule has 0 saturated heterocycles. The Bertz CT molecular complexity index is 598. The molecule has 0 aromatic heterocycles. The van der Waals surface area contributed by atoms with E-state index in [-0.39, 0.29) is 34.9 Å². The van der Waals surface area contributed by atoms with Gasteiger partial charge in [0.1, 0.15) is 5.60 Å². The van der Waals surface area contributed by atoms with Crippen molar-refractivity contribution in [3.05, 3.63) is 12.7 Å². The lowest BCUT2D eigenvalue weighted by atomic mass is 9.41. The predicted octanol–water partition coefficient (Wildman–Crippen LogP) is 3.58. The van der Waals surface area contributed by atoms with Crippen LogP contribution in [0.15, 0.2) is 12.7 Å². The molecule has 0 radical (unpaired) electrons. The quantitative estimate of drug-likeness (QED) is 0.757. The summed E-state index contributed by atoms with van der Waals surface area (Å²) in [4.78, 5) is 25.0. The number of ketones is 1. The second-order valence-corrected chi connectivity index (χ2v) is 9.31. The number of hydrogen-bond acceptors (Lipinski definition) is 3. The third kappa shape index (κ3) is 2.15. The highest BCUT2D eigenvalue weighted by Crippen LogP contribution is 2.65. The minimum absolute atomic E-state index is 0.150. The summed E-state index contributed by atoms with van der Waals surface area (Å²) in [6.07, 6.45) is 6.46. The molecule has 4 heteroatoms. The second-order valence-electron chi connectivity index (χ2n) is 9.31. The van der Waals surface area contributed by atoms with Gasteiger partial charge in [0.15, 0.2) is 5.78 Å². The predicted molar refractivity (Wildman–Crippen MR) is 91.4 cm³/mol. The minimum atomic E-state index is -1.33. The molecule has 6 atom stereocenters. The SMILES string of the molecule is C=C[C@@]1(C)CC[C@@H]2[C@@]3(C)CCC[C@@](C)(C(=O)O)[C@@H]3CC(=O)[C@@]2(O)C1. The van der Waals surface area contributed by atoms with Crippen molar-refractivity contribution in [2.75, 3.05) is 0 Å². The first-order valence-corrected chi connectivity index (χ1v) is 9.14. The van der Waals surface area contributed by atoms with Crippen LogP contribution >= 0.6 is 0 Å². The van der Waals surface area contributed by atoms with Gasteiger partial charge in [-0.15, -0.1) is 6.58 Å². The van der Waals surface area contributed by atoms with Crippen LogP contribution in [0, 0.1) is 28.1 Å². The molecule has 0 aromatic carbocycles. The molecule has 2 N–H and O–H groups in total. The molecule has 134 valence electrons. The van der Waals surface area contributed by atoms with Crippen LogP contribution in [0.4, 0.5) is 0 Å². The fourth-order valence-corrected chi connectivity index (χ4v) is 6.29. The highest BCUT2D eigenvalue weighted by Gasteiger charge is 2.67. The Kier molecular flexibility index (Phi) is 3.80. The van der Waals surface area contributed by atoms with Gasteiger partial charge in [-0.2, -0.15) is 0 Å². The summed E-state index contributed by atoms with van der Waals surface area (Å²) in [5, 5.41) is 21.2. The van der Waals surface area contributed by atoms with Gasteiger partial charge in [-0.05, 0) is 55.8 Å². The smallest absolute Gasteiger partial charge is 0.309 e. The monoisotopic (exact) mass is 334 g/mol. The van der Waals surface area contributed by atoms with E-state index in [2.05, 4.69) is 20.4 Å². The van der Waals surface area contributed by atoms with Crippen molar-refractivity contribution in [3.8, 4) is 0 Å². The molecule has 0 heterocycles. The van der Waals surface area contributed by atoms with E-state index in [4.69, 9.17) is 0 Å². The molecule has 3 rings (SSSR count). The minimum Gasteiger partial charge on any atom is -0.481 e. The highest BCUT2D eigenvalue weighted by atomic mass is 16.4. The normalized spacial score (nSPS) is 51.4. The van der Waals surface area contributed by atoms with Crippen molar-refractivity contribution in [2.45, 2.75) is 71.3 Å². The average molecular weight is 334 g/mol. The van der Waals surface area contributed by atoms with Gasteiger partial charge < -0.3 is 10.2 Å². The summed E-state index contributed by atoms with van der Waals surface area (Å²) in [6.45, 7) is 9.87. The zero-order valence-corrected chi connectivity index (χ0v) is 15.1. The molecule has 0 aromatic rings. The maximum absolute atomic E-state index is 13.0. The fraction of sp³-hybridized carbons (Fsp3) is 0.800. The Morgan fingerprint density at radius 1 is 1.21 bits per heavy atom. The average Bonchev–Trinajstić information content (AvgIpc) is 2.49. The maximum Gasteiger partial charge on any atom is 0.309 e. The van der Waals surface area contributed by atoms with Gasteiger partial charge in [-0.1, -0.05) is 26.3 Å². The molecule has 3 aliphatic carbocycles. The largest absolute Gasteiger partial charge is 0.481 e. The summed E-state index contributed by atoms with van der Waals surface area (Å²) in [5.74, 6) is -1.30. The van der Waals surface area contributed by atoms with Gasteiger partial charge in [-0.25, -0.2) is 0 Å². The number of carboxylic acid groups (broad SMARTS) is 1. The lowest BCUT2D eigenvalue weighted by Gasteiger charge is -2.63. The third-order valence-electron chi connectivity index (χ3n) is 7.88. The number of carbonyl (C=O) groups is 2. The van der Waals surface area contributed by atoms with Crippen molar-refractivity contribution in [1.82, 2.24) is 0 Å². The Labute approximate surface area is 144 Å². The summed E-state index contributed by atoms with van der Waals surface area (Å²) in [7, 11) is 0.